The molecule has 0 fully saturated rings. The summed E-state index contributed by atoms with van der Waals surface area (Å²) in [6, 6.07) is 7.84. The first-order chi connectivity index (χ1) is 14.8. The van der Waals surface area contributed by atoms with Gasteiger partial charge in [-0.15, -0.1) is 0 Å². The summed E-state index contributed by atoms with van der Waals surface area (Å²) >= 11 is 1.17. The van der Waals surface area contributed by atoms with Crippen LogP contribution in [0.3, 0.4) is 0 Å². The van der Waals surface area contributed by atoms with Crippen LogP contribution in [-0.2, 0) is 31.7 Å². The van der Waals surface area contributed by atoms with E-state index >= 15 is 0 Å². The van der Waals surface area contributed by atoms with Crippen molar-refractivity contribution in [2.24, 2.45) is 14.1 Å². The number of hydrogen-bond acceptors (Lipinski definition) is 6. The largest absolute Gasteiger partial charge is 0.332 e. The van der Waals surface area contributed by atoms with Crippen molar-refractivity contribution in [1.29, 1.82) is 0 Å². The molecular formula is C22H27N5O3S. The molecular weight excluding hydrogens is 414 g/mol. The molecule has 31 heavy (non-hydrogen) atoms. The Morgan fingerprint density at radius 1 is 1.06 bits per heavy atom. The van der Waals surface area contributed by atoms with E-state index in [1.54, 1.807) is 7.05 Å². The standard InChI is InChI=1S/C22H27N5O3S/c1-5-7-8-14-9-11-15(12-10-14)23-17(28)13-31-20-18-19(24-16(6-2)25-20)26(3)22(30)27(4)21(18)29/h9-12H,5-8,13H2,1-4H3,(H,23,28). The number of thioether (sulfide) groups is 1. The summed E-state index contributed by atoms with van der Waals surface area (Å²) in [7, 11) is 2.99. The van der Waals surface area contributed by atoms with Crippen molar-refractivity contribution in [2.75, 3.05) is 11.1 Å². The molecule has 164 valence electrons. The van der Waals surface area contributed by atoms with Crippen molar-refractivity contribution in [3.63, 3.8) is 0 Å². The molecule has 8 nitrogen and oxygen atoms in total. The highest BCUT2D eigenvalue weighted by atomic mass is 32.2. The number of aromatic nitrogens is 4. The normalized spacial score (nSPS) is 11.1. The van der Waals surface area contributed by atoms with Crippen molar-refractivity contribution in [2.45, 2.75) is 44.6 Å². The average molecular weight is 442 g/mol. The van der Waals surface area contributed by atoms with E-state index in [1.165, 1.54) is 28.9 Å². The molecule has 0 atom stereocenters. The van der Waals surface area contributed by atoms with Crippen LogP contribution < -0.4 is 16.6 Å². The first-order valence-corrected chi connectivity index (χ1v) is 11.3. The van der Waals surface area contributed by atoms with Crippen LogP contribution in [0.5, 0.6) is 0 Å². The summed E-state index contributed by atoms with van der Waals surface area (Å²) in [6.07, 6.45) is 3.85. The lowest BCUT2D eigenvalue weighted by Crippen LogP contribution is -2.37. The van der Waals surface area contributed by atoms with Crippen molar-refractivity contribution >= 4 is 34.4 Å². The van der Waals surface area contributed by atoms with Crippen LogP contribution in [0.15, 0.2) is 38.9 Å². The number of unbranched alkanes of at least 4 members (excludes halogenated alkanes) is 1. The maximum atomic E-state index is 12.7. The molecule has 3 rings (SSSR count). The second-order valence-electron chi connectivity index (χ2n) is 7.34. The molecule has 0 unspecified atom stereocenters. The minimum Gasteiger partial charge on any atom is -0.325 e. The third kappa shape index (κ3) is 5.04. The topological polar surface area (TPSA) is 98.9 Å². The fourth-order valence-electron chi connectivity index (χ4n) is 3.20. The van der Waals surface area contributed by atoms with E-state index in [0.717, 1.165) is 29.5 Å². The van der Waals surface area contributed by atoms with Gasteiger partial charge in [0.15, 0.2) is 5.65 Å². The van der Waals surface area contributed by atoms with Gasteiger partial charge in [-0.05, 0) is 30.5 Å². The Bertz CT molecular complexity index is 1220. The maximum Gasteiger partial charge on any atom is 0.332 e. The van der Waals surface area contributed by atoms with Crippen LogP contribution in [0.1, 0.15) is 38.1 Å². The monoisotopic (exact) mass is 441 g/mol. The molecule has 1 amide bonds. The zero-order valence-corrected chi connectivity index (χ0v) is 19.1. The van der Waals surface area contributed by atoms with Gasteiger partial charge in [-0.25, -0.2) is 14.8 Å². The van der Waals surface area contributed by atoms with Crippen molar-refractivity contribution in [3.05, 3.63) is 56.5 Å². The lowest BCUT2D eigenvalue weighted by atomic mass is 10.1. The summed E-state index contributed by atoms with van der Waals surface area (Å²) < 4.78 is 2.36. The van der Waals surface area contributed by atoms with Crippen LogP contribution in [0.2, 0.25) is 0 Å². The average Bonchev–Trinajstić information content (AvgIpc) is 2.78. The number of amides is 1. The number of benzene rings is 1. The minimum absolute atomic E-state index is 0.0822. The van der Waals surface area contributed by atoms with Gasteiger partial charge >= 0.3 is 5.69 Å². The van der Waals surface area contributed by atoms with E-state index in [2.05, 4.69) is 22.2 Å². The van der Waals surface area contributed by atoms with Gasteiger partial charge in [0.1, 0.15) is 16.2 Å². The van der Waals surface area contributed by atoms with Crippen LogP contribution >= 0.6 is 11.8 Å². The van der Waals surface area contributed by atoms with Crippen molar-refractivity contribution in [3.8, 4) is 0 Å². The van der Waals surface area contributed by atoms with Crippen molar-refractivity contribution in [1.82, 2.24) is 19.1 Å². The van der Waals surface area contributed by atoms with E-state index in [0.29, 0.717) is 17.3 Å². The number of nitrogens with one attached hydrogen (secondary N) is 1. The number of rotatable bonds is 8. The van der Waals surface area contributed by atoms with Gasteiger partial charge in [-0.2, -0.15) is 0 Å². The summed E-state index contributed by atoms with van der Waals surface area (Å²) in [5, 5.41) is 3.53. The maximum absolute atomic E-state index is 12.7. The van der Waals surface area contributed by atoms with E-state index in [-0.39, 0.29) is 22.7 Å². The molecule has 2 aromatic heterocycles. The van der Waals surface area contributed by atoms with Gasteiger partial charge < -0.3 is 5.32 Å². The zero-order chi connectivity index (χ0) is 22.5. The van der Waals surface area contributed by atoms with Gasteiger partial charge in [0.2, 0.25) is 5.91 Å². The van der Waals surface area contributed by atoms with E-state index in [1.807, 2.05) is 31.2 Å². The number of carbonyl (C=O) groups excluding carboxylic acids is 1. The summed E-state index contributed by atoms with van der Waals surface area (Å²) in [4.78, 5) is 46.3. The van der Waals surface area contributed by atoms with Crippen LogP contribution in [0, 0.1) is 0 Å². The fraction of sp³-hybridized carbons (Fsp3) is 0.409. The molecule has 3 aromatic rings. The molecule has 0 spiro atoms. The Morgan fingerprint density at radius 2 is 1.77 bits per heavy atom. The predicted molar refractivity (Wildman–Crippen MR) is 124 cm³/mol. The van der Waals surface area contributed by atoms with Crippen molar-refractivity contribution < 1.29 is 4.79 Å². The molecule has 2 heterocycles. The molecule has 0 bridgehead atoms. The molecule has 0 saturated carbocycles. The number of hydrogen-bond donors (Lipinski definition) is 1. The van der Waals surface area contributed by atoms with Gasteiger partial charge in [-0.1, -0.05) is 44.2 Å². The predicted octanol–water partition coefficient (Wildman–Crippen LogP) is 2.66. The highest BCUT2D eigenvalue weighted by molar-refractivity contribution is 8.00. The SMILES string of the molecule is CCCCc1ccc(NC(=O)CSc2nc(CC)nc3c2c(=O)n(C)c(=O)n3C)cc1. The Morgan fingerprint density at radius 3 is 2.42 bits per heavy atom. The van der Waals surface area contributed by atoms with Gasteiger partial charge in [0, 0.05) is 26.2 Å². The lowest BCUT2D eigenvalue weighted by molar-refractivity contribution is -0.113. The molecule has 1 aromatic carbocycles. The fourth-order valence-corrected chi connectivity index (χ4v) is 4.03. The second kappa shape index (κ2) is 9.91. The summed E-state index contributed by atoms with van der Waals surface area (Å²) in [6.45, 7) is 4.05. The van der Waals surface area contributed by atoms with Crippen LogP contribution in [-0.4, -0.2) is 30.8 Å². The van der Waals surface area contributed by atoms with Crippen LogP contribution in [0.4, 0.5) is 5.69 Å². The first kappa shape index (κ1) is 22.7. The number of aryl methyl sites for hydroxylation is 3. The number of fused-ring (bicyclic) bond motifs is 1. The molecule has 1 N–H and O–H groups in total. The molecule has 0 aliphatic carbocycles. The number of nitrogens with zero attached hydrogens (tertiary/aromatic N) is 4. The van der Waals surface area contributed by atoms with Gasteiger partial charge in [0.05, 0.1) is 5.75 Å². The Labute approximate surface area is 184 Å². The highest BCUT2D eigenvalue weighted by Gasteiger charge is 2.18. The Balaban J connectivity index is 1.81. The van der Waals surface area contributed by atoms with E-state index in [9.17, 15) is 14.4 Å². The Kier molecular flexibility index (Phi) is 7.27. The lowest BCUT2D eigenvalue weighted by Gasteiger charge is -2.11. The molecule has 0 radical (unpaired) electrons. The second-order valence-corrected chi connectivity index (χ2v) is 8.30. The minimum atomic E-state index is -0.466. The third-order valence-corrected chi connectivity index (χ3v) is 6.00. The number of anilines is 1. The number of carbonyl (C=O) groups is 1. The molecule has 0 saturated heterocycles. The summed E-state index contributed by atoms with van der Waals surface area (Å²) in [5.74, 6) is 0.401. The third-order valence-electron chi connectivity index (χ3n) is 5.03. The van der Waals surface area contributed by atoms with Gasteiger partial charge in [0.25, 0.3) is 5.56 Å². The van der Waals surface area contributed by atoms with Gasteiger partial charge in [-0.3, -0.25) is 18.7 Å². The van der Waals surface area contributed by atoms with E-state index < -0.39 is 11.2 Å². The molecule has 0 aliphatic heterocycles. The first-order valence-electron chi connectivity index (χ1n) is 10.3. The Hall–Kier alpha value is -2.94. The highest BCUT2D eigenvalue weighted by Crippen LogP contribution is 2.23. The molecule has 0 aliphatic rings. The van der Waals surface area contributed by atoms with Crippen LogP contribution in [0.25, 0.3) is 11.0 Å². The smallest absolute Gasteiger partial charge is 0.325 e. The van der Waals surface area contributed by atoms with E-state index in [4.69, 9.17) is 0 Å². The molecule has 9 heteroatoms. The quantitative estimate of drug-likeness (QED) is 0.426. The summed E-state index contributed by atoms with van der Waals surface area (Å²) in [5.41, 5.74) is 1.34. The zero-order valence-electron chi connectivity index (χ0n) is 18.3.